The standard InChI is InChI=1S/C25H31N5O2S/c1-18(29-16-8-5-9-17-29)23-27-28-25(30(23)21-12-14-22(32-3)15-13-21)33-19(2)24(31)26-20-10-6-4-7-11-20/h4,6-7,10-15,18-19H,5,8-9,16-17H2,1-3H3,(H,26,31)/t18-,19+/m1/s1. The molecule has 2 heterocycles. The number of benzene rings is 2. The van der Waals surface area contributed by atoms with Gasteiger partial charge in [-0.25, -0.2) is 0 Å². The van der Waals surface area contributed by atoms with E-state index < -0.39 is 0 Å². The Kier molecular flexibility index (Phi) is 7.67. The van der Waals surface area contributed by atoms with Crippen LogP contribution in [0, 0.1) is 0 Å². The van der Waals surface area contributed by atoms with Gasteiger partial charge in [0.1, 0.15) is 5.75 Å². The van der Waals surface area contributed by atoms with Gasteiger partial charge in [-0.1, -0.05) is 36.4 Å². The summed E-state index contributed by atoms with van der Waals surface area (Å²) in [6, 6.07) is 17.5. The summed E-state index contributed by atoms with van der Waals surface area (Å²) < 4.78 is 7.41. The predicted molar refractivity (Wildman–Crippen MR) is 132 cm³/mol. The van der Waals surface area contributed by atoms with Crippen LogP contribution < -0.4 is 10.1 Å². The molecule has 1 aromatic heterocycles. The summed E-state index contributed by atoms with van der Waals surface area (Å²) in [5.41, 5.74) is 1.74. The van der Waals surface area contributed by atoms with Crippen LogP contribution >= 0.6 is 11.8 Å². The lowest BCUT2D eigenvalue weighted by Crippen LogP contribution is -2.33. The lowest BCUT2D eigenvalue weighted by Gasteiger charge is -2.32. The van der Waals surface area contributed by atoms with E-state index in [9.17, 15) is 4.79 Å². The van der Waals surface area contributed by atoms with E-state index in [0.717, 1.165) is 36.0 Å². The molecule has 1 aliphatic heterocycles. The quantitative estimate of drug-likeness (QED) is 0.475. The molecule has 2 aromatic carbocycles. The molecule has 1 aliphatic rings. The second-order valence-electron chi connectivity index (χ2n) is 8.26. The Morgan fingerprint density at radius 2 is 1.70 bits per heavy atom. The summed E-state index contributed by atoms with van der Waals surface area (Å²) in [4.78, 5) is 15.3. The van der Waals surface area contributed by atoms with E-state index in [0.29, 0.717) is 5.16 Å². The van der Waals surface area contributed by atoms with E-state index in [2.05, 4.69) is 31.9 Å². The number of aromatic nitrogens is 3. The summed E-state index contributed by atoms with van der Waals surface area (Å²) in [5.74, 6) is 1.61. The molecule has 1 fully saturated rings. The van der Waals surface area contributed by atoms with Gasteiger partial charge in [0.05, 0.1) is 18.4 Å². The molecule has 1 N–H and O–H groups in total. The molecule has 174 valence electrons. The molecule has 2 atom stereocenters. The zero-order valence-corrected chi connectivity index (χ0v) is 20.2. The van der Waals surface area contributed by atoms with Crippen molar-refractivity contribution >= 4 is 23.4 Å². The Hall–Kier alpha value is -2.84. The van der Waals surface area contributed by atoms with Gasteiger partial charge in [0, 0.05) is 11.4 Å². The van der Waals surface area contributed by atoms with Crippen LogP contribution in [0.3, 0.4) is 0 Å². The molecule has 0 unspecified atom stereocenters. The number of nitrogens with zero attached hydrogens (tertiary/aromatic N) is 4. The lowest BCUT2D eigenvalue weighted by atomic mass is 10.1. The van der Waals surface area contributed by atoms with E-state index in [1.165, 1.54) is 31.0 Å². The highest BCUT2D eigenvalue weighted by Crippen LogP contribution is 2.32. The van der Waals surface area contributed by atoms with Crippen molar-refractivity contribution < 1.29 is 9.53 Å². The van der Waals surface area contributed by atoms with Crippen LogP contribution in [0.15, 0.2) is 59.8 Å². The van der Waals surface area contributed by atoms with Crippen molar-refractivity contribution in [2.75, 3.05) is 25.5 Å². The Bertz CT molecular complexity index is 1050. The van der Waals surface area contributed by atoms with Gasteiger partial charge in [0.25, 0.3) is 0 Å². The number of para-hydroxylation sites is 1. The molecule has 3 aromatic rings. The van der Waals surface area contributed by atoms with Gasteiger partial charge in [-0.05, 0) is 76.2 Å². The number of piperidine rings is 1. The van der Waals surface area contributed by atoms with Gasteiger partial charge in [0.15, 0.2) is 11.0 Å². The molecule has 33 heavy (non-hydrogen) atoms. The maximum Gasteiger partial charge on any atom is 0.237 e. The van der Waals surface area contributed by atoms with Crippen molar-refractivity contribution in [1.82, 2.24) is 19.7 Å². The molecular weight excluding hydrogens is 434 g/mol. The molecule has 0 aliphatic carbocycles. The minimum absolute atomic E-state index is 0.0684. The number of likely N-dealkylation sites (tertiary alicyclic amines) is 1. The molecule has 0 radical (unpaired) electrons. The highest BCUT2D eigenvalue weighted by Gasteiger charge is 2.27. The van der Waals surface area contributed by atoms with Crippen molar-refractivity contribution in [3.05, 3.63) is 60.4 Å². The Labute approximate surface area is 199 Å². The first-order valence-corrected chi connectivity index (χ1v) is 12.3. The number of nitrogens with one attached hydrogen (secondary N) is 1. The summed E-state index contributed by atoms with van der Waals surface area (Å²) in [5, 5.41) is 12.4. The second kappa shape index (κ2) is 10.9. The van der Waals surface area contributed by atoms with Crippen molar-refractivity contribution in [1.29, 1.82) is 0 Å². The largest absolute Gasteiger partial charge is 0.497 e. The molecular formula is C25H31N5O2S. The third-order valence-corrected chi connectivity index (χ3v) is 7.04. The zero-order valence-electron chi connectivity index (χ0n) is 19.4. The maximum absolute atomic E-state index is 12.8. The van der Waals surface area contributed by atoms with Gasteiger partial charge in [0.2, 0.25) is 5.91 Å². The molecule has 0 spiro atoms. The first-order chi connectivity index (χ1) is 16.1. The Morgan fingerprint density at radius 3 is 2.36 bits per heavy atom. The molecule has 0 bridgehead atoms. The lowest BCUT2D eigenvalue weighted by molar-refractivity contribution is -0.115. The molecule has 8 heteroatoms. The molecule has 0 saturated carbocycles. The van der Waals surface area contributed by atoms with Gasteiger partial charge in [-0.3, -0.25) is 14.3 Å². The number of carbonyl (C=O) groups is 1. The number of methoxy groups -OCH3 is 1. The third-order valence-electron chi connectivity index (χ3n) is 5.99. The number of thioether (sulfide) groups is 1. The van der Waals surface area contributed by atoms with Gasteiger partial charge < -0.3 is 10.1 Å². The maximum atomic E-state index is 12.8. The second-order valence-corrected chi connectivity index (χ2v) is 9.57. The van der Waals surface area contributed by atoms with Gasteiger partial charge in [-0.15, -0.1) is 10.2 Å². The minimum Gasteiger partial charge on any atom is -0.497 e. The highest BCUT2D eigenvalue weighted by atomic mass is 32.2. The van der Waals surface area contributed by atoms with E-state index in [-0.39, 0.29) is 17.2 Å². The zero-order chi connectivity index (χ0) is 23.2. The monoisotopic (exact) mass is 465 g/mol. The number of hydrogen-bond acceptors (Lipinski definition) is 6. The first kappa shape index (κ1) is 23.3. The number of amides is 1. The van der Waals surface area contributed by atoms with E-state index in [4.69, 9.17) is 4.74 Å². The van der Waals surface area contributed by atoms with Crippen LogP contribution in [0.1, 0.15) is 45.0 Å². The number of hydrogen-bond donors (Lipinski definition) is 1. The smallest absolute Gasteiger partial charge is 0.237 e. The minimum atomic E-state index is -0.343. The van der Waals surface area contributed by atoms with Gasteiger partial charge >= 0.3 is 0 Å². The highest BCUT2D eigenvalue weighted by molar-refractivity contribution is 8.00. The van der Waals surface area contributed by atoms with Crippen molar-refractivity contribution in [2.45, 2.75) is 49.6 Å². The first-order valence-electron chi connectivity index (χ1n) is 11.4. The predicted octanol–water partition coefficient (Wildman–Crippen LogP) is 4.94. The number of ether oxygens (including phenoxy) is 1. The van der Waals surface area contributed by atoms with Crippen LogP contribution in [-0.4, -0.2) is 51.0 Å². The molecule has 1 amide bonds. The molecule has 1 saturated heterocycles. The average Bonchev–Trinajstić information content (AvgIpc) is 3.28. The fourth-order valence-corrected chi connectivity index (χ4v) is 4.92. The van der Waals surface area contributed by atoms with E-state index in [1.54, 1.807) is 7.11 Å². The van der Waals surface area contributed by atoms with Crippen molar-refractivity contribution in [3.8, 4) is 11.4 Å². The van der Waals surface area contributed by atoms with Gasteiger partial charge in [-0.2, -0.15) is 0 Å². The molecule has 7 nitrogen and oxygen atoms in total. The Balaban J connectivity index is 1.61. The third kappa shape index (κ3) is 5.57. The summed E-state index contributed by atoms with van der Waals surface area (Å²) in [6.07, 6.45) is 3.70. The fourth-order valence-electron chi connectivity index (χ4n) is 4.05. The summed E-state index contributed by atoms with van der Waals surface area (Å²) >= 11 is 1.41. The van der Waals surface area contributed by atoms with E-state index >= 15 is 0 Å². The van der Waals surface area contributed by atoms with Crippen LogP contribution in [-0.2, 0) is 4.79 Å². The van der Waals surface area contributed by atoms with Crippen molar-refractivity contribution in [3.63, 3.8) is 0 Å². The van der Waals surface area contributed by atoms with E-state index in [1.807, 2.05) is 61.5 Å². The normalized spacial score (nSPS) is 16.2. The number of carbonyl (C=O) groups excluding carboxylic acids is 1. The SMILES string of the molecule is COc1ccc(-n2c(S[C@@H](C)C(=O)Nc3ccccc3)nnc2[C@@H](C)N2CCCCC2)cc1. The number of rotatable bonds is 8. The van der Waals surface area contributed by atoms with Crippen molar-refractivity contribution in [2.24, 2.45) is 0 Å². The number of anilines is 1. The Morgan fingerprint density at radius 1 is 1.00 bits per heavy atom. The van der Waals surface area contributed by atoms with Crippen LogP contribution in [0.5, 0.6) is 5.75 Å². The molecule has 4 rings (SSSR count). The van der Waals surface area contributed by atoms with Crippen LogP contribution in [0.2, 0.25) is 0 Å². The van der Waals surface area contributed by atoms with Crippen LogP contribution in [0.25, 0.3) is 5.69 Å². The van der Waals surface area contributed by atoms with Crippen LogP contribution in [0.4, 0.5) is 5.69 Å². The average molecular weight is 466 g/mol. The summed E-state index contributed by atoms with van der Waals surface area (Å²) in [6.45, 7) is 6.21. The topological polar surface area (TPSA) is 72.3 Å². The summed E-state index contributed by atoms with van der Waals surface area (Å²) in [7, 11) is 1.66. The fraction of sp³-hybridized carbons (Fsp3) is 0.400.